The average molecular weight is 247 g/mol. The van der Waals surface area contributed by atoms with Crippen LogP contribution in [-0.4, -0.2) is 24.8 Å². The van der Waals surface area contributed by atoms with E-state index >= 15 is 0 Å². The van der Waals surface area contributed by atoms with Gasteiger partial charge in [-0.25, -0.2) is 4.39 Å². The Kier molecular flexibility index (Phi) is 4.71. The number of halogens is 2. The van der Waals surface area contributed by atoms with Gasteiger partial charge in [0, 0.05) is 13.7 Å². The van der Waals surface area contributed by atoms with E-state index in [-0.39, 0.29) is 5.02 Å². The first-order valence-corrected chi connectivity index (χ1v) is 5.10. The number of benzene rings is 1. The van der Waals surface area contributed by atoms with Crippen molar-refractivity contribution in [2.24, 2.45) is 0 Å². The molecule has 0 aromatic heterocycles. The van der Waals surface area contributed by atoms with E-state index in [0.29, 0.717) is 18.6 Å². The molecule has 0 saturated heterocycles. The zero-order chi connectivity index (χ0) is 12.1. The van der Waals surface area contributed by atoms with Gasteiger partial charge in [-0.15, -0.1) is 0 Å². The molecule has 1 aromatic carbocycles. The van der Waals surface area contributed by atoms with Gasteiger partial charge in [-0.2, -0.15) is 0 Å². The van der Waals surface area contributed by atoms with E-state index in [1.54, 1.807) is 0 Å². The zero-order valence-corrected chi connectivity index (χ0v) is 9.50. The van der Waals surface area contributed by atoms with Crippen LogP contribution in [-0.2, 0) is 9.53 Å². The molecule has 16 heavy (non-hydrogen) atoms. The summed E-state index contributed by atoms with van der Waals surface area (Å²) < 4.78 is 17.7. The minimum Gasteiger partial charge on any atom is -0.481 e. The number of methoxy groups -OCH3 is 1. The summed E-state index contributed by atoms with van der Waals surface area (Å²) >= 11 is 5.60. The number of ether oxygens (including phenoxy) is 1. The molecule has 3 nitrogen and oxygen atoms in total. The van der Waals surface area contributed by atoms with Crippen molar-refractivity contribution < 1.29 is 19.0 Å². The van der Waals surface area contributed by atoms with Crippen molar-refractivity contribution in [2.75, 3.05) is 13.7 Å². The molecule has 0 aliphatic heterocycles. The Morgan fingerprint density at radius 2 is 2.31 bits per heavy atom. The quantitative estimate of drug-likeness (QED) is 0.869. The topological polar surface area (TPSA) is 46.5 Å². The predicted molar refractivity (Wildman–Crippen MR) is 58.3 cm³/mol. The van der Waals surface area contributed by atoms with Gasteiger partial charge in [-0.3, -0.25) is 4.79 Å². The highest BCUT2D eigenvalue weighted by atomic mass is 35.5. The number of carbonyl (C=O) groups is 1. The van der Waals surface area contributed by atoms with Gasteiger partial charge in [0.15, 0.2) is 0 Å². The third-order valence-corrected chi connectivity index (χ3v) is 2.54. The molecule has 88 valence electrons. The lowest BCUT2D eigenvalue weighted by Crippen LogP contribution is -2.13. The number of hydrogen-bond acceptors (Lipinski definition) is 2. The number of carboxylic acid groups (broad SMARTS) is 1. The smallest absolute Gasteiger partial charge is 0.311 e. The highest BCUT2D eigenvalue weighted by Crippen LogP contribution is 2.24. The molecule has 0 aliphatic rings. The number of rotatable bonds is 5. The van der Waals surface area contributed by atoms with Gasteiger partial charge < -0.3 is 9.84 Å². The van der Waals surface area contributed by atoms with Crippen LogP contribution in [0.25, 0.3) is 0 Å². The third kappa shape index (κ3) is 3.18. The highest BCUT2D eigenvalue weighted by Gasteiger charge is 2.20. The van der Waals surface area contributed by atoms with Crippen molar-refractivity contribution in [3.63, 3.8) is 0 Å². The maximum absolute atomic E-state index is 12.9. The first-order chi connectivity index (χ1) is 7.56. The van der Waals surface area contributed by atoms with Crippen molar-refractivity contribution >= 4 is 17.6 Å². The van der Waals surface area contributed by atoms with Crippen molar-refractivity contribution in [3.8, 4) is 0 Å². The first-order valence-electron chi connectivity index (χ1n) is 4.73. The van der Waals surface area contributed by atoms with E-state index in [1.165, 1.54) is 25.3 Å². The molecule has 0 bridgehead atoms. The van der Waals surface area contributed by atoms with Gasteiger partial charge in [-0.1, -0.05) is 17.7 Å². The molecule has 1 N–H and O–H groups in total. The van der Waals surface area contributed by atoms with Crippen LogP contribution in [0.3, 0.4) is 0 Å². The summed E-state index contributed by atoms with van der Waals surface area (Å²) in [5, 5.41) is 8.95. The van der Waals surface area contributed by atoms with Gasteiger partial charge in [-0.05, 0) is 24.1 Å². The second kappa shape index (κ2) is 5.82. The molecule has 0 aliphatic carbocycles. The Morgan fingerprint density at radius 1 is 1.62 bits per heavy atom. The maximum Gasteiger partial charge on any atom is 0.311 e. The highest BCUT2D eigenvalue weighted by molar-refractivity contribution is 6.30. The maximum atomic E-state index is 12.9. The van der Waals surface area contributed by atoms with Crippen molar-refractivity contribution in [2.45, 2.75) is 12.3 Å². The van der Waals surface area contributed by atoms with E-state index in [0.717, 1.165) is 0 Å². The van der Waals surface area contributed by atoms with Crippen molar-refractivity contribution in [1.82, 2.24) is 0 Å². The van der Waals surface area contributed by atoms with Crippen LogP contribution in [0.2, 0.25) is 5.02 Å². The van der Waals surface area contributed by atoms with E-state index in [2.05, 4.69) is 0 Å². The molecule has 0 radical (unpaired) electrons. The fourth-order valence-corrected chi connectivity index (χ4v) is 1.59. The number of carboxylic acids is 1. The van der Waals surface area contributed by atoms with Gasteiger partial charge in [0.2, 0.25) is 0 Å². The predicted octanol–water partition coefficient (Wildman–Crippen LogP) is 2.68. The average Bonchev–Trinajstić information content (AvgIpc) is 2.23. The third-order valence-electron chi connectivity index (χ3n) is 2.25. The molecule has 0 fully saturated rings. The van der Waals surface area contributed by atoms with E-state index in [1.807, 2.05) is 0 Å². The summed E-state index contributed by atoms with van der Waals surface area (Å²) in [5.41, 5.74) is 0.482. The largest absolute Gasteiger partial charge is 0.481 e. The molecule has 1 unspecified atom stereocenters. The lowest BCUT2D eigenvalue weighted by molar-refractivity contribution is -0.139. The van der Waals surface area contributed by atoms with Gasteiger partial charge in [0.25, 0.3) is 0 Å². The zero-order valence-electron chi connectivity index (χ0n) is 8.74. The van der Waals surface area contributed by atoms with Crippen LogP contribution in [0.4, 0.5) is 4.39 Å². The number of hydrogen-bond donors (Lipinski definition) is 1. The molecule has 5 heteroatoms. The molecule has 1 aromatic rings. The summed E-state index contributed by atoms with van der Waals surface area (Å²) in [6, 6.07) is 3.93. The minimum absolute atomic E-state index is 0.0684. The van der Waals surface area contributed by atoms with Crippen molar-refractivity contribution in [3.05, 3.63) is 34.6 Å². The van der Waals surface area contributed by atoms with Crippen LogP contribution in [0.1, 0.15) is 17.9 Å². The standard InChI is InChI=1S/C11H12ClFO3/c1-16-5-4-8(11(14)15)7-2-3-10(13)9(12)6-7/h2-3,6,8H,4-5H2,1H3,(H,14,15). The SMILES string of the molecule is COCCC(C(=O)O)c1ccc(F)c(Cl)c1. The van der Waals surface area contributed by atoms with Gasteiger partial charge >= 0.3 is 5.97 Å². The Morgan fingerprint density at radius 3 is 2.81 bits per heavy atom. The summed E-state index contributed by atoms with van der Waals surface area (Å²) in [6.45, 7) is 0.325. The van der Waals surface area contributed by atoms with Crippen LogP contribution in [0.15, 0.2) is 18.2 Å². The molecule has 1 atom stereocenters. The van der Waals surface area contributed by atoms with E-state index < -0.39 is 17.7 Å². The monoisotopic (exact) mass is 246 g/mol. The van der Waals surface area contributed by atoms with Crippen LogP contribution in [0.5, 0.6) is 0 Å². The molecular weight excluding hydrogens is 235 g/mol. The first kappa shape index (κ1) is 12.9. The fraction of sp³-hybridized carbons (Fsp3) is 0.364. The Labute approximate surface area is 97.8 Å². The summed E-state index contributed by atoms with van der Waals surface area (Å²) in [4.78, 5) is 11.0. The number of aliphatic carboxylic acids is 1. The lowest BCUT2D eigenvalue weighted by Gasteiger charge is -2.12. The second-order valence-electron chi connectivity index (χ2n) is 3.35. The van der Waals surface area contributed by atoms with Crippen LogP contribution < -0.4 is 0 Å². The molecule has 0 heterocycles. The fourth-order valence-electron chi connectivity index (χ4n) is 1.40. The van der Waals surface area contributed by atoms with E-state index in [9.17, 15) is 9.18 Å². The molecule has 1 rings (SSSR count). The summed E-state index contributed by atoms with van der Waals surface area (Å²) in [5.74, 6) is -2.25. The molecule has 0 spiro atoms. The normalized spacial score (nSPS) is 12.4. The molecule has 0 saturated carbocycles. The molecular formula is C11H12ClFO3. The Bertz CT molecular complexity index is 381. The molecule has 0 amide bonds. The van der Waals surface area contributed by atoms with Gasteiger partial charge in [0.05, 0.1) is 10.9 Å². The van der Waals surface area contributed by atoms with Crippen molar-refractivity contribution in [1.29, 1.82) is 0 Å². The Balaban J connectivity index is 2.92. The minimum atomic E-state index is -0.972. The second-order valence-corrected chi connectivity index (χ2v) is 3.75. The Hall–Kier alpha value is -1.13. The van der Waals surface area contributed by atoms with Crippen LogP contribution >= 0.6 is 11.6 Å². The van der Waals surface area contributed by atoms with Crippen LogP contribution in [0, 0.1) is 5.82 Å². The van der Waals surface area contributed by atoms with E-state index in [4.69, 9.17) is 21.4 Å². The summed E-state index contributed by atoms with van der Waals surface area (Å²) in [6.07, 6.45) is 0.327. The van der Waals surface area contributed by atoms with Gasteiger partial charge in [0.1, 0.15) is 5.82 Å². The summed E-state index contributed by atoms with van der Waals surface area (Å²) in [7, 11) is 1.50. The lowest BCUT2D eigenvalue weighted by atomic mass is 9.96.